The maximum absolute atomic E-state index is 12.2. The van der Waals surface area contributed by atoms with E-state index in [1.54, 1.807) is 25.1 Å². The van der Waals surface area contributed by atoms with Gasteiger partial charge in [-0.3, -0.25) is 14.9 Å². The number of hydrogen-bond acceptors (Lipinski definition) is 5. The first-order chi connectivity index (χ1) is 12.0. The molecule has 1 heterocycles. The SMILES string of the molecule is Cc1c(C(=O)N/N=C\c2ccc(Br)c([N+](=O)[O-])c2)oc2ccccc12. The highest BCUT2D eigenvalue weighted by Crippen LogP contribution is 2.25. The van der Waals surface area contributed by atoms with Gasteiger partial charge >= 0.3 is 5.91 Å². The number of carbonyl (C=O) groups is 1. The van der Waals surface area contributed by atoms with Gasteiger partial charge in [-0.15, -0.1) is 0 Å². The molecular formula is C17H12BrN3O4. The van der Waals surface area contributed by atoms with Crippen LogP contribution in [0.25, 0.3) is 11.0 Å². The summed E-state index contributed by atoms with van der Waals surface area (Å²) in [6, 6.07) is 11.9. The number of fused-ring (bicyclic) bond motifs is 1. The predicted molar refractivity (Wildman–Crippen MR) is 96.8 cm³/mol. The molecule has 0 radical (unpaired) electrons. The summed E-state index contributed by atoms with van der Waals surface area (Å²) in [5.41, 5.74) is 4.12. The number of carbonyl (C=O) groups excluding carboxylic acids is 1. The van der Waals surface area contributed by atoms with Gasteiger partial charge in [0.05, 0.1) is 15.6 Å². The van der Waals surface area contributed by atoms with E-state index in [1.807, 2.05) is 18.2 Å². The largest absolute Gasteiger partial charge is 0.451 e. The molecule has 0 fully saturated rings. The smallest absolute Gasteiger partial charge is 0.307 e. The molecule has 3 aromatic rings. The average molecular weight is 402 g/mol. The first-order valence-electron chi connectivity index (χ1n) is 7.23. The van der Waals surface area contributed by atoms with E-state index in [2.05, 4.69) is 26.5 Å². The van der Waals surface area contributed by atoms with Gasteiger partial charge in [0, 0.05) is 22.6 Å². The Kier molecular flexibility index (Phi) is 4.62. The number of halogens is 1. The number of para-hydroxylation sites is 1. The number of nitro benzene ring substituents is 1. The molecule has 8 heteroatoms. The Hall–Kier alpha value is -3.00. The zero-order valence-corrected chi connectivity index (χ0v) is 14.6. The third-order valence-corrected chi connectivity index (χ3v) is 4.27. The maximum Gasteiger partial charge on any atom is 0.307 e. The highest BCUT2D eigenvalue weighted by atomic mass is 79.9. The van der Waals surface area contributed by atoms with E-state index in [9.17, 15) is 14.9 Å². The van der Waals surface area contributed by atoms with E-state index in [-0.39, 0.29) is 11.4 Å². The van der Waals surface area contributed by atoms with Crippen molar-refractivity contribution >= 4 is 44.7 Å². The van der Waals surface area contributed by atoms with Gasteiger partial charge in [-0.1, -0.05) is 24.3 Å². The molecule has 1 amide bonds. The number of rotatable bonds is 4. The molecule has 3 rings (SSSR count). The van der Waals surface area contributed by atoms with Crippen LogP contribution in [0.2, 0.25) is 0 Å². The number of nitro groups is 1. The molecule has 0 aliphatic carbocycles. The molecule has 1 aromatic heterocycles. The molecule has 2 aromatic carbocycles. The molecule has 0 aliphatic rings. The van der Waals surface area contributed by atoms with E-state index in [0.717, 1.165) is 10.9 Å². The van der Waals surface area contributed by atoms with Crippen LogP contribution in [0.4, 0.5) is 5.69 Å². The summed E-state index contributed by atoms with van der Waals surface area (Å²) in [6.45, 7) is 1.79. The lowest BCUT2D eigenvalue weighted by Crippen LogP contribution is -2.17. The van der Waals surface area contributed by atoms with Crippen molar-refractivity contribution in [2.75, 3.05) is 0 Å². The minimum absolute atomic E-state index is 0.0802. The van der Waals surface area contributed by atoms with Crippen LogP contribution in [0.1, 0.15) is 21.7 Å². The highest BCUT2D eigenvalue weighted by molar-refractivity contribution is 9.10. The summed E-state index contributed by atoms with van der Waals surface area (Å²) >= 11 is 3.11. The highest BCUT2D eigenvalue weighted by Gasteiger charge is 2.17. The van der Waals surface area contributed by atoms with Gasteiger partial charge in [0.2, 0.25) is 0 Å². The molecule has 1 N–H and O–H groups in total. The van der Waals surface area contributed by atoms with Crippen LogP contribution >= 0.6 is 15.9 Å². The van der Waals surface area contributed by atoms with Gasteiger partial charge in [-0.2, -0.15) is 5.10 Å². The summed E-state index contributed by atoms with van der Waals surface area (Å²) in [5, 5.41) is 15.6. The van der Waals surface area contributed by atoms with Crippen molar-refractivity contribution in [1.82, 2.24) is 5.43 Å². The van der Waals surface area contributed by atoms with Gasteiger partial charge in [0.1, 0.15) is 5.58 Å². The number of nitrogens with zero attached hydrogens (tertiary/aromatic N) is 2. The first kappa shape index (κ1) is 16.8. The van der Waals surface area contributed by atoms with Crippen LogP contribution in [0.5, 0.6) is 0 Å². The van der Waals surface area contributed by atoms with E-state index in [0.29, 0.717) is 15.6 Å². The summed E-state index contributed by atoms with van der Waals surface area (Å²) in [6.07, 6.45) is 1.33. The quantitative estimate of drug-likeness (QED) is 0.402. The monoisotopic (exact) mass is 401 g/mol. The van der Waals surface area contributed by atoms with E-state index in [4.69, 9.17) is 4.42 Å². The lowest BCUT2D eigenvalue weighted by molar-refractivity contribution is -0.385. The summed E-state index contributed by atoms with van der Waals surface area (Å²) in [4.78, 5) is 22.6. The van der Waals surface area contributed by atoms with Crippen LogP contribution in [-0.4, -0.2) is 17.0 Å². The lowest BCUT2D eigenvalue weighted by Gasteiger charge is -1.99. The predicted octanol–water partition coefficient (Wildman–Crippen LogP) is 4.18. The maximum atomic E-state index is 12.2. The third kappa shape index (κ3) is 3.43. The number of nitrogens with one attached hydrogen (secondary N) is 1. The fourth-order valence-electron chi connectivity index (χ4n) is 2.36. The van der Waals surface area contributed by atoms with Crippen molar-refractivity contribution in [3.8, 4) is 0 Å². The summed E-state index contributed by atoms with van der Waals surface area (Å²) < 4.78 is 5.92. The van der Waals surface area contributed by atoms with Crippen LogP contribution in [-0.2, 0) is 0 Å². The summed E-state index contributed by atoms with van der Waals surface area (Å²) in [7, 11) is 0. The minimum atomic E-state index is -0.502. The molecule has 0 unspecified atom stereocenters. The zero-order chi connectivity index (χ0) is 18.0. The van der Waals surface area contributed by atoms with Crippen molar-refractivity contribution in [3.63, 3.8) is 0 Å². The first-order valence-corrected chi connectivity index (χ1v) is 8.02. The van der Waals surface area contributed by atoms with Crippen molar-refractivity contribution in [3.05, 3.63) is 73.9 Å². The molecule has 7 nitrogen and oxygen atoms in total. The summed E-state index contributed by atoms with van der Waals surface area (Å²) in [5.74, 6) is -0.309. The topological polar surface area (TPSA) is 97.7 Å². The Morgan fingerprint density at radius 3 is 2.80 bits per heavy atom. The fourth-order valence-corrected chi connectivity index (χ4v) is 2.75. The molecular weight excluding hydrogens is 390 g/mol. The van der Waals surface area contributed by atoms with Crippen LogP contribution in [0.15, 0.2) is 56.5 Å². The van der Waals surface area contributed by atoms with E-state index >= 15 is 0 Å². The molecule has 0 bridgehead atoms. The van der Waals surface area contributed by atoms with Gasteiger partial charge in [0.15, 0.2) is 5.76 Å². The average Bonchev–Trinajstić information content (AvgIpc) is 2.93. The van der Waals surface area contributed by atoms with E-state index in [1.165, 1.54) is 12.3 Å². The Morgan fingerprint density at radius 1 is 1.32 bits per heavy atom. The zero-order valence-electron chi connectivity index (χ0n) is 13.0. The van der Waals surface area contributed by atoms with Gasteiger partial charge in [-0.05, 0) is 35.0 Å². The minimum Gasteiger partial charge on any atom is -0.451 e. The molecule has 25 heavy (non-hydrogen) atoms. The second-order valence-corrected chi connectivity index (χ2v) is 6.07. The molecule has 0 saturated carbocycles. The third-order valence-electron chi connectivity index (χ3n) is 3.60. The van der Waals surface area contributed by atoms with Crippen LogP contribution < -0.4 is 5.43 Å². The fraction of sp³-hybridized carbons (Fsp3) is 0.0588. The Balaban J connectivity index is 1.77. The number of benzene rings is 2. The van der Waals surface area contributed by atoms with Crippen LogP contribution in [0, 0.1) is 17.0 Å². The Bertz CT molecular complexity index is 1010. The molecule has 0 spiro atoms. The van der Waals surface area contributed by atoms with Gasteiger partial charge < -0.3 is 4.42 Å². The van der Waals surface area contributed by atoms with Crippen molar-refractivity contribution in [2.45, 2.75) is 6.92 Å². The second-order valence-electron chi connectivity index (χ2n) is 5.22. The van der Waals surface area contributed by atoms with Gasteiger partial charge in [0.25, 0.3) is 5.69 Å². The number of hydrogen-bond donors (Lipinski definition) is 1. The Morgan fingerprint density at radius 2 is 2.08 bits per heavy atom. The van der Waals surface area contributed by atoms with E-state index < -0.39 is 10.8 Å². The second kappa shape index (κ2) is 6.86. The molecule has 0 saturated heterocycles. The number of hydrazone groups is 1. The lowest BCUT2D eigenvalue weighted by atomic mass is 10.1. The Labute approximate surface area is 150 Å². The van der Waals surface area contributed by atoms with Gasteiger partial charge in [-0.25, -0.2) is 5.43 Å². The van der Waals surface area contributed by atoms with Crippen molar-refractivity contribution in [2.24, 2.45) is 5.10 Å². The number of aryl methyl sites for hydroxylation is 1. The molecule has 0 aliphatic heterocycles. The molecule has 0 atom stereocenters. The normalized spacial score (nSPS) is 11.1. The van der Waals surface area contributed by atoms with Crippen LogP contribution in [0.3, 0.4) is 0 Å². The number of furan rings is 1. The number of amides is 1. The van der Waals surface area contributed by atoms with Crippen molar-refractivity contribution < 1.29 is 14.1 Å². The molecule has 126 valence electrons. The van der Waals surface area contributed by atoms with Crippen molar-refractivity contribution in [1.29, 1.82) is 0 Å². The standard InChI is InChI=1S/C17H12BrN3O4/c1-10-12-4-2-3-5-15(12)25-16(10)17(22)20-19-9-11-6-7-13(18)14(8-11)21(23)24/h2-9H,1H3,(H,20,22)/b19-9-.